The van der Waals surface area contributed by atoms with E-state index in [1.807, 2.05) is 0 Å². The number of halogens is 1. The van der Waals surface area contributed by atoms with E-state index >= 15 is 0 Å². The molecule has 0 aromatic heterocycles. The molecule has 114 valence electrons. The second kappa shape index (κ2) is 5.31. The fraction of sp³-hybridized carbons (Fsp3) is 0.500. The fourth-order valence-corrected chi connectivity index (χ4v) is 2.75. The number of aliphatic carboxylic acids is 1. The first-order valence-electron chi connectivity index (χ1n) is 6.73. The van der Waals surface area contributed by atoms with Crippen molar-refractivity contribution in [2.24, 2.45) is 0 Å². The van der Waals surface area contributed by atoms with Gasteiger partial charge in [0.05, 0.1) is 11.0 Å². The number of rotatable bonds is 3. The summed E-state index contributed by atoms with van der Waals surface area (Å²) in [5, 5.41) is 20.7. The number of piperidine rings is 1. The number of nitro groups is 1. The summed E-state index contributed by atoms with van der Waals surface area (Å²) in [5.74, 6) is -1.70. The fourth-order valence-electron chi connectivity index (χ4n) is 2.75. The molecule has 0 saturated carbocycles. The lowest BCUT2D eigenvalue weighted by molar-refractivity contribution is -0.384. The zero-order valence-corrected chi connectivity index (χ0v) is 11.9. The van der Waals surface area contributed by atoms with E-state index < -0.39 is 27.9 Å². The van der Waals surface area contributed by atoms with E-state index in [1.54, 1.807) is 6.92 Å². The van der Waals surface area contributed by atoms with Crippen molar-refractivity contribution in [3.63, 3.8) is 0 Å². The van der Waals surface area contributed by atoms with Crippen molar-refractivity contribution in [3.8, 4) is 0 Å². The number of benzene rings is 1. The number of hydrogen-bond donors (Lipinski definition) is 1. The monoisotopic (exact) mass is 296 g/mol. The van der Waals surface area contributed by atoms with Gasteiger partial charge in [0.15, 0.2) is 0 Å². The molecule has 0 aliphatic carbocycles. The van der Waals surface area contributed by atoms with Crippen LogP contribution >= 0.6 is 0 Å². The van der Waals surface area contributed by atoms with Gasteiger partial charge in [-0.3, -0.25) is 10.1 Å². The van der Waals surface area contributed by atoms with Gasteiger partial charge >= 0.3 is 5.97 Å². The van der Waals surface area contributed by atoms with Gasteiger partial charge in [-0.1, -0.05) is 0 Å². The summed E-state index contributed by atoms with van der Waals surface area (Å²) in [4.78, 5) is 23.6. The van der Waals surface area contributed by atoms with Crippen molar-refractivity contribution in [2.75, 3.05) is 11.4 Å². The highest BCUT2D eigenvalue weighted by Gasteiger charge is 2.43. The van der Waals surface area contributed by atoms with Gasteiger partial charge in [0.1, 0.15) is 17.0 Å². The maximum absolute atomic E-state index is 13.6. The molecule has 0 bridgehead atoms. The lowest BCUT2D eigenvalue weighted by atomic mass is 9.87. The molecule has 1 aromatic rings. The zero-order valence-electron chi connectivity index (χ0n) is 11.9. The molecular weight excluding hydrogens is 279 g/mol. The predicted molar refractivity (Wildman–Crippen MR) is 75.0 cm³/mol. The quantitative estimate of drug-likeness (QED) is 0.685. The molecule has 0 spiro atoms. The Labute approximate surface area is 121 Å². The number of anilines is 1. The molecule has 1 aliphatic heterocycles. The Kier molecular flexibility index (Phi) is 3.85. The largest absolute Gasteiger partial charge is 0.480 e. The number of aryl methyl sites for hydroxylation is 1. The molecule has 1 heterocycles. The van der Waals surface area contributed by atoms with Gasteiger partial charge in [-0.25, -0.2) is 9.18 Å². The van der Waals surface area contributed by atoms with E-state index in [1.165, 1.54) is 17.9 Å². The Morgan fingerprint density at radius 1 is 1.48 bits per heavy atom. The molecule has 1 aliphatic rings. The van der Waals surface area contributed by atoms with E-state index in [0.29, 0.717) is 13.0 Å². The summed E-state index contributed by atoms with van der Waals surface area (Å²) < 4.78 is 13.6. The molecule has 1 aromatic carbocycles. The van der Waals surface area contributed by atoms with Gasteiger partial charge in [-0.05, 0) is 44.7 Å². The molecule has 1 unspecified atom stereocenters. The van der Waals surface area contributed by atoms with Crippen LogP contribution in [0.25, 0.3) is 0 Å². The Balaban J connectivity index is 2.60. The number of carbonyl (C=O) groups is 1. The van der Waals surface area contributed by atoms with Crippen LogP contribution < -0.4 is 4.90 Å². The van der Waals surface area contributed by atoms with Crippen molar-refractivity contribution < 1.29 is 19.2 Å². The molecular formula is C14H17FN2O4. The first-order valence-corrected chi connectivity index (χ1v) is 6.73. The number of carboxylic acid groups (broad SMARTS) is 1. The first-order chi connectivity index (χ1) is 9.77. The molecule has 1 saturated heterocycles. The maximum Gasteiger partial charge on any atom is 0.329 e. The van der Waals surface area contributed by atoms with Gasteiger partial charge in [0.25, 0.3) is 5.69 Å². The highest BCUT2D eigenvalue weighted by molar-refractivity contribution is 5.85. The first kappa shape index (κ1) is 15.2. The minimum absolute atomic E-state index is 0.170. The van der Waals surface area contributed by atoms with Crippen molar-refractivity contribution in [1.29, 1.82) is 0 Å². The van der Waals surface area contributed by atoms with Crippen LogP contribution in [0.1, 0.15) is 31.7 Å². The van der Waals surface area contributed by atoms with Crippen molar-refractivity contribution in [1.82, 2.24) is 0 Å². The van der Waals surface area contributed by atoms with Gasteiger partial charge < -0.3 is 10.0 Å². The van der Waals surface area contributed by atoms with Crippen LogP contribution in [0.2, 0.25) is 0 Å². The van der Waals surface area contributed by atoms with E-state index in [0.717, 1.165) is 18.9 Å². The van der Waals surface area contributed by atoms with Crippen molar-refractivity contribution in [3.05, 3.63) is 33.6 Å². The van der Waals surface area contributed by atoms with Crippen LogP contribution in [0.5, 0.6) is 0 Å². The summed E-state index contributed by atoms with van der Waals surface area (Å²) in [7, 11) is 0. The van der Waals surface area contributed by atoms with Crippen LogP contribution in [-0.4, -0.2) is 28.1 Å². The van der Waals surface area contributed by atoms with Crippen molar-refractivity contribution >= 4 is 17.3 Å². The van der Waals surface area contributed by atoms with Crippen molar-refractivity contribution in [2.45, 2.75) is 38.6 Å². The summed E-state index contributed by atoms with van der Waals surface area (Å²) >= 11 is 0. The van der Waals surface area contributed by atoms with Crippen LogP contribution in [0, 0.1) is 22.9 Å². The molecule has 1 fully saturated rings. The van der Waals surface area contributed by atoms with Crippen LogP contribution in [-0.2, 0) is 4.79 Å². The summed E-state index contributed by atoms with van der Waals surface area (Å²) in [6.45, 7) is 3.45. The molecule has 6 nitrogen and oxygen atoms in total. The van der Waals surface area contributed by atoms with E-state index in [-0.39, 0.29) is 11.3 Å². The highest BCUT2D eigenvalue weighted by Crippen LogP contribution is 2.39. The molecule has 1 N–H and O–H groups in total. The van der Waals surface area contributed by atoms with E-state index in [4.69, 9.17) is 0 Å². The SMILES string of the molecule is Cc1cc(N2CCCCC2(C)C(=O)O)c([N+](=O)[O-])cc1F. The summed E-state index contributed by atoms with van der Waals surface area (Å²) in [6, 6.07) is 2.22. The van der Waals surface area contributed by atoms with Gasteiger partial charge in [0.2, 0.25) is 0 Å². The molecule has 0 amide bonds. The molecule has 0 radical (unpaired) electrons. The average Bonchev–Trinajstić information content (AvgIpc) is 2.41. The number of hydrogen-bond acceptors (Lipinski definition) is 4. The number of nitro benzene ring substituents is 1. The Morgan fingerprint density at radius 2 is 2.14 bits per heavy atom. The third-order valence-corrected chi connectivity index (χ3v) is 4.10. The standard InChI is InChI=1S/C14H17FN2O4/c1-9-7-11(12(17(20)21)8-10(9)15)16-6-4-3-5-14(16,2)13(18)19/h7-8H,3-6H2,1-2H3,(H,18,19). The molecule has 1 atom stereocenters. The normalized spacial score (nSPS) is 22.1. The third kappa shape index (κ3) is 2.55. The average molecular weight is 296 g/mol. The predicted octanol–water partition coefficient (Wildman–Crippen LogP) is 2.88. The summed E-state index contributed by atoms with van der Waals surface area (Å²) in [5.41, 5.74) is -1.18. The lowest BCUT2D eigenvalue weighted by Crippen LogP contribution is -2.55. The Hall–Kier alpha value is -2.18. The van der Waals surface area contributed by atoms with E-state index in [9.17, 15) is 24.4 Å². The van der Waals surface area contributed by atoms with Gasteiger partial charge in [0, 0.05) is 6.54 Å². The van der Waals surface area contributed by atoms with E-state index in [2.05, 4.69) is 0 Å². The minimum atomic E-state index is -1.22. The van der Waals surface area contributed by atoms with Gasteiger partial charge in [-0.15, -0.1) is 0 Å². The second-order valence-electron chi connectivity index (χ2n) is 5.53. The molecule has 2 rings (SSSR count). The van der Waals surface area contributed by atoms with Crippen LogP contribution in [0.4, 0.5) is 15.8 Å². The maximum atomic E-state index is 13.6. The number of carboxylic acids is 1. The lowest BCUT2D eigenvalue weighted by Gasteiger charge is -2.43. The number of nitrogens with zero attached hydrogens (tertiary/aromatic N) is 2. The minimum Gasteiger partial charge on any atom is -0.480 e. The molecule has 7 heteroatoms. The Bertz CT molecular complexity index is 605. The highest BCUT2D eigenvalue weighted by atomic mass is 19.1. The van der Waals surface area contributed by atoms with Crippen LogP contribution in [0.15, 0.2) is 12.1 Å². The van der Waals surface area contributed by atoms with Gasteiger partial charge in [-0.2, -0.15) is 0 Å². The zero-order chi connectivity index (χ0) is 15.8. The summed E-state index contributed by atoms with van der Waals surface area (Å²) in [6.07, 6.45) is 1.89. The molecule has 21 heavy (non-hydrogen) atoms. The smallest absolute Gasteiger partial charge is 0.329 e. The Morgan fingerprint density at radius 3 is 2.71 bits per heavy atom. The second-order valence-corrected chi connectivity index (χ2v) is 5.53. The van der Waals surface area contributed by atoms with Crippen LogP contribution in [0.3, 0.4) is 0 Å². The topological polar surface area (TPSA) is 83.7 Å². The third-order valence-electron chi connectivity index (χ3n) is 4.10.